The molecular formula is C17H19NO3S. The van der Waals surface area contributed by atoms with Crippen LogP contribution >= 0.6 is 0 Å². The molecule has 1 N–H and O–H groups in total. The highest BCUT2D eigenvalue weighted by atomic mass is 32.2. The molecule has 2 aromatic carbocycles. The van der Waals surface area contributed by atoms with Crippen molar-refractivity contribution in [3.63, 3.8) is 0 Å². The van der Waals surface area contributed by atoms with Crippen molar-refractivity contribution in [1.82, 2.24) is 0 Å². The predicted molar refractivity (Wildman–Crippen MR) is 89.3 cm³/mol. The summed E-state index contributed by atoms with van der Waals surface area (Å²) in [6.07, 6.45) is 1.65. The standard InChI is InChI=1S/C17H19NO3S/c1-21-11-13-5-4-8-16(10-13)18-17(19)15-7-3-6-14(9-15)12-22(2)20/h3-10H,11-12H2,1-2H3,(H,18,19). The van der Waals surface area contributed by atoms with Gasteiger partial charge in [-0.25, -0.2) is 0 Å². The summed E-state index contributed by atoms with van der Waals surface area (Å²) in [6, 6.07) is 14.7. The van der Waals surface area contributed by atoms with Crippen molar-refractivity contribution >= 4 is 22.4 Å². The average Bonchev–Trinajstić information content (AvgIpc) is 2.47. The summed E-state index contributed by atoms with van der Waals surface area (Å²) in [4.78, 5) is 12.3. The lowest BCUT2D eigenvalue weighted by molar-refractivity contribution is 0.102. The molecule has 2 rings (SSSR count). The monoisotopic (exact) mass is 317 g/mol. The first-order chi connectivity index (χ1) is 10.6. The lowest BCUT2D eigenvalue weighted by atomic mass is 10.1. The van der Waals surface area contributed by atoms with Crippen molar-refractivity contribution < 1.29 is 13.7 Å². The molecule has 22 heavy (non-hydrogen) atoms. The van der Waals surface area contributed by atoms with Crippen molar-refractivity contribution in [2.45, 2.75) is 12.4 Å². The van der Waals surface area contributed by atoms with E-state index >= 15 is 0 Å². The summed E-state index contributed by atoms with van der Waals surface area (Å²) in [5.74, 6) is 0.267. The van der Waals surface area contributed by atoms with Gasteiger partial charge in [0.15, 0.2) is 0 Å². The van der Waals surface area contributed by atoms with Gasteiger partial charge < -0.3 is 10.1 Å². The van der Waals surface area contributed by atoms with E-state index in [4.69, 9.17) is 4.74 Å². The maximum absolute atomic E-state index is 12.3. The van der Waals surface area contributed by atoms with Crippen molar-refractivity contribution in [2.24, 2.45) is 0 Å². The van der Waals surface area contributed by atoms with E-state index in [0.717, 1.165) is 16.8 Å². The first kappa shape index (κ1) is 16.4. The van der Waals surface area contributed by atoms with E-state index in [-0.39, 0.29) is 5.91 Å². The zero-order valence-electron chi connectivity index (χ0n) is 12.7. The van der Waals surface area contributed by atoms with Crippen LogP contribution in [0.4, 0.5) is 5.69 Å². The number of hydrogen-bond acceptors (Lipinski definition) is 3. The molecule has 0 bridgehead atoms. The molecule has 0 aliphatic carbocycles. The van der Waals surface area contributed by atoms with Crippen LogP contribution in [0, 0.1) is 0 Å². The van der Waals surface area contributed by atoms with Crippen LogP contribution in [-0.4, -0.2) is 23.5 Å². The largest absolute Gasteiger partial charge is 0.380 e. The Morgan fingerprint density at radius 2 is 1.86 bits per heavy atom. The number of carbonyl (C=O) groups is 1. The van der Waals surface area contributed by atoms with Crippen molar-refractivity contribution in [2.75, 3.05) is 18.7 Å². The van der Waals surface area contributed by atoms with Crippen LogP contribution in [0.25, 0.3) is 0 Å². The van der Waals surface area contributed by atoms with E-state index in [2.05, 4.69) is 5.32 Å². The number of anilines is 1. The molecule has 116 valence electrons. The number of nitrogens with one attached hydrogen (secondary N) is 1. The Morgan fingerprint density at radius 1 is 1.14 bits per heavy atom. The van der Waals surface area contributed by atoms with Gasteiger partial charge in [0.05, 0.1) is 6.61 Å². The molecule has 0 saturated heterocycles. The Hall–Kier alpha value is -1.98. The van der Waals surface area contributed by atoms with Gasteiger partial charge in [-0.2, -0.15) is 0 Å². The molecule has 1 atom stereocenters. The lowest BCUT2D eigenvalue weighted by Gasteiger charge is -2.08. The van der Waals surface area contributed by atoms with Gasteiger partial charge in [0.1, 0.15) is 0 Å². The number of amides is 1. The second-order valence-electron chi connectivity index (χ2n) is 5.01. The third kappa shape index (κ3) is 4.79. The van der Waals surface area contributed by atoms with Crippen LogP contribution in [-0.2, 0) is 27.9 Å². The molecular weight excluding hydrogens is 298 g/mol. The van der Waals surface area contributed by atoms with Crippen LogP contribution in [0.15, 0.2) is 48.5 Å². The third-order valence-electron chi connectivity index (χ3n) is 3.05. The van der Waals surface area contributed by atoms with E-state index in [9.17, 15) is 9.00 Å². The second kappa shape index (κ2) is 7.87. The highest BCUT2D eigenvalue weighted by Gasteiger charge is 2.08. The van der Waals surface area contributed by atoms with Crippen LogP contribution in [0.2, 0.25) is 0 Å². The van der Waals surface area contributed by atoms with Crippen LogP contribution in [0.3, 0.4) is 0 Å². The third-order valence-corrected chi connectivity index (χ3v) is 3.79. The van der Waals surface area contributed by atoms with Crippen LogP contribution in [0.1, 0.15) is 21.5 Å². The fourth-order valence-electron chi connectivity index (χ4n) is 2.15. The number of carbonyl (C=O) groups excluding carboxylic acids is 1. The quantitative estimate of drug-likeness (QED) is 0.891. The molecule has 0 saturated carbocycles. The van der Waals surface area contributed by atoms with E-state index in [0.29, 0.717) is 17.9 Å². The van der Waals surface area contributed by atoms with Gasteiger partial charge in [0, 0.05) is 41.2 Å². The first-order valence-electron chi connectivity index (χ1n) is 6.86. The fraction of sp³-hybridized carbons (Fsp3) is 0.235. The zero-order chi connectivity index (χ0) is 15.9. The van der Waals surface area contributed by atoms with Crippen molar-refractivity contribution in [3.8, 4) is 0 Å². The summed E-state index contributed by atoms with van der Waals surface area (Å²) < 4.78 is 16.4. The van der Waals surface area contributed by atoms with E-state index in [1.54, 1.807) is 31.6 Å². The van der Waals surface area contributed by atoms with Gasteiger partial charge in [0.25, 0.3) is 5.91 Å². The van der Waals surface area contributed by atoms with Crippen LogP contribution < -0.4 is 5.32 Å². The van der Waals surface area contributed by atoms with Gasteiger partial charge in [-0.1, -0.05) is 24.3 Å². The summed E-state index contributed by atoms with van der Waals surface area (Å²) in [7, 11) is 0.706. The highest BCUT2D eigenvalue weighted by Crippen LogP contribution is 2.14. The van der Waals surface area contributed by atoms with E-state index < -0.39 is 10.8 Å². The molecule has 0 heterocycles. The number of benzene rings is 2. The topological polar surface area (TPSA) is 55.4 Å². The molecule has 1 unspecified atom stereocenters. The molecule has 1 amide bonds. The maximum Gasteiger partial charge on any atom is 0.255 e. The van der Waals surface area contributed by atoms with Gasteiger partial charge in [-0.05, 0) is 35.4 Å². The number of hydrogen-bond donors (Lipinski definition) is 1. The normalized spacial score (nSPS) is 11.9. The summed E-state index contributed by atoms with van der Waals surface area (Å²) in [5.41, 5.74) is 3.17. The van der Waals surface area contributed by atoms with E-state index in [1.807, 2.05) is 30.3 Å². The fourth-order valence-corrected chi connectivity index (χ4v) is 2.79. The second-order valence-corrected chi connectivity index (χ2v) is 6.44. The van der Waals surface area contributed by atoms with Crippen molar-refractivity contribution in [3.05, 3.63) is 65.2 Å². The number of ether oxygens (including phenoxy) is 1. The summed E-state index contributed by atoms with van der Waals surface area (Å²) in [6.45, 7) is 0.501. The molecule has 0 fully saturated rings. The summed E-state index contributed by atoms with van der Waals surface area (Å²) >= 11 is 0. The number of methoxy groups -OCH3 is 1. The Morgan fingerprint density at radius 3 is 2.59 bits per heavy atom. The van der Waals surface area contributed by atoms with Gasteiger partial charge in [-0.15, -0.1) is 0 Å². The van der Waals surface area contributed by atoms with Gasteiger partial charge in [-0.3, -0.25) is 9.00 Å². The summed E-state index contributed by atoms with van der Waals surface area (Å²) in [5, 5.41) is 2.87. The van der Waals surface area contributed by atoms with Gasteiger partial charge in [0.2, 0.25) is 0 Å². The molecule has 0 aliphatic heterocycles. The Bertz CT molecular complexity index is 685. The molecule has 0 radical (unpaired) electrons. The lowest BCUT2D eigenvalue weighted by Crippen LogP contribution is -2.12. The number of rotatable bonds is 6. The van der Waals surface area contributed by atoms with Crippen molar-refractivity contribution in [1.29, 1.82) is 0 Å². The predicted octanol–water partition coefficient (Wildman–Crippen LogP) is 2.96. The highest BCUT2D eigenvalue weighted by molar-refractivity contribution is 7.83. The van der Waals surface area contributed by atoms with E-state index in [1.165, 1.54) is 0 Å². The Labute approximate surface area is 133 Å². The molecule has 4 nitrogen and oxygen atoms in total. The first-order valence-corrected chi connectivity index (χ1v) is 8.59. The minimum absolute atomic E-state index is 0.182. The average molecular weight is 317 g/mol. The molecule has 5 heteroatoms. The zero-order valence-corrected chi connectivity index (χ0v) is 13.5. The molecule has 0 spiro atoms. The minimum Gasteiger partial charge on any atom is -0.380 e. The smallest absolute Gasteiger partial charge is 0.255 e. The SMILES string of the molecule is COCc1cccc(NC(=O)c2cccc(CS(C)=O)c2)c1. The van der Waals surface area contributed by atoms with Gasteiger partial charge >= 0.3 is 0 Å². The Kier molecular flexibility index (Phi) is 5.86. The minimum atomic E-state index is -0.927. The molecule has 0 aliphatic rings. The maximum atomic E-state index is 12.3. The van der Waals surface area contributed by atoms with Crippen LogP contribution in [0.5, 0.6) is 0 Å². The molecule has 2 aromatic rings. The Balaban J connectivity index is 2.11. The molecule has 0 aromatic heterocycles.